The predicted octanol–water partition coefficient (Wildman–Crippen LogP) is 3.29. The summed E-state index contributed by atoms with van der Waals surface area (Å²) in [6.45, 7) is 7.96. The van der Waals surface area contributed by atoms with Crippen LogP contribution in [0.25, 0.3) is 5.82 Å². The van der Waals surface area contributed by atoms with E-state index in [1.165, 1.54) is 5.56 Å². The molecule has 0 bridgehead atoms. The second-order valence-electron chi connectivity index (χ2n) is 4.86. The third-order valence-electron chi connectivity index (χ3n) is 3.08. The molecule has 0 spiro atoms. The van der Waals surface area contributed by atoms with Gasteiger partial charge in [-0.15, -0.1) is 0 Å². The summed E-state index contributed by atoms with van der Waals surface area (Å²) in [6, 6.07) is 4.22. The molecule has 2 heterocycles. The molecule has 0 aliphatic heterocycles. The van der Waals surface area contributed by atoms with E-state index >= 15 is 0 Å². The van der Waals surface area contributed by atoms with E-state index in [1.807, 2.05) is 13.1 Å². The minimum atomic E-state index is 0.668. The highest BCUT2D eigenvalue weighted by molar-refractivity contribution is 6.31. The van der Waals surface area contributed by atoms with Crippen molar-refractivity contribution >= 4 is 11.6 Å². The van der Waals surface area contributed by atoms with E-state index in [0.29, 0.717) is 5.02 Å². The summed E-state index contributed by atoms with van der Waals surface area (Å²) in [5.41, 5.74) is 3.15. The molecule has 0 aliphatic rings. The molecule has 108 valence electrons. The van der Waals surface area contributed by atoms with Crippen molar-refractivity contribution in [2.45, 2.75) is 40.2 Å². The van der Waals surface area contributed by atoms with E-state index in [2.05, 4.69) is 41.4 Å². The van der Waals surface area contributed by atoms with Crippen LogP contribution < -0.4 is 5.32 Å². The molecule has 0 atom stereocenters. The minimum absolute atomic E-state index is 0.668. The maximum absolute atomic E-state index is 6.08. The van der Waals surface area contributed by atoms with E-state index in [9.17, 15) is 0 Å². The van der Waals surface area contributed by atoms with Crippen molar-refractivity contribution < 1.29 is 0 Å². The highest BCUT2D eigenvalue weighted by Crippen LogP contribution is 2.17. The number of nitrogens with zero attached hydrogens (tertiary/aromatic N) is 3. The molecule has 0 aliphatic carbocycles. The zero-order chi connectivity index (χ0) is 14.5. The van der Waals surface area contributed by atoms with Crippen molar-refractivity contribution in [1.82, 2.24) is 20.1 Å². The van der Waals surface area contributed by atoms with Crippen LogP contribution in [0.15, 0.2) is 18.3 Å². The zero-order valence-corrected chi connectivity index (χ0v) is 13.0. The number of aryl methyl sites for hydroxylation is 2. The van der Waals surface area contributed by atoms with Crippen molar-refractivity contribution in [1.29, 1.82) is 0 Å². The van der Waals surface area contributed by atoms with Crippen molar-refractivity contribution in [2.75, 3.05) is 6.54 Å². The highest BCUT2D eigenvalue weighted by atomic mass is 35.5. The molecule has 0 saturated heterocycles. The molecule has 2 aromatic rings. The summed E-state index contributed by atoms with van der Waals surface area (Å²) in [4.78, 5) is 4.67. The molecule has 0 unspecified atom stereocenters. The zero-order valence-electron chi connectivity index (χ0n) is 12.3. The molecule has 0 saturated carbocycles. The Labute approximate surface area is 125 Å². The number of hydrogen-bond acceptors (Lipinski definition) is 3. The Balaban J connectivity index is 2.37. The van der Waals surface area contributed by atoms with Gasteiger partial charge in [-0.05, 0) is 37.6 Å². The predicted molar refractivity (Wildman–Crippen MR) is 82.5 cm³/mol. The first kappa shape index (κ1) is 15.0. The summed E-state index contributed by atoms with van der Waals surface area (Å²) in [5, 5.41) is 8.42. The quantitative estimate of drug-likeness (QED) is 0.888. The van der Waals surface area contributed by atoms with Crippen molar-refractivity contribution in [3.05, 3.63) is 40.3 Å². The fourth-order valence-electron chi connectivity index (χ4n) is 2.06. The summed E-state index contributed by atoms with van der Waals surface area (Å²) in [5.74, 6) is 0.832. The Bertz CT molecular complexity index is 558. The van der Waals surface area contributed by atoms with Crippen molar-refractivity contribution in [2.24, 2.45) is 0 Å². The Morgan fingerprint density at radius 2 is 2.10 bits per heavy atom. The van der Waals surface area contributed by atoms with Gasteiger partial charge in [-0.3, -0.25) is 0 Å². The molecular formula is C15H21ClN4. The molecule has 5 heteroatoms. The fourth-order valence-corrected chi connectivity index (χ4v) is 2.19. The third-order valence-corrected chi connectivity index (χ3v) is 3.45. The van der Waals surface area contributed by atoms with Gasteiger partial charge in [0.1, 0.15) is 0 Å². The van der Waals surface area contributed by atoms with Gasteiger partial charge < -0.3 is 5.32 Å². The average Bonchev–Trinajstić information content (AvgIpc) is 2.77. The number of halogens is 1. The summed E-state index contributed by atoms with van der Waals surface area (Å²) in [7, 11) is 0. The molecule has 0 radical (unpaired) electrons. The number of nitrogens with one attached hydrogen (secondary N) is 1. The van der Waals surface area contributed by atoms with E-state index in [4.69, 9.17) is 11.6 Å². The second kappa shape index (κ2) is 6.86. The third kappa shape index (κ3) is 3.58. The van der Waals surface area contributed by atoms with Crippen LogP contribution in [0, 0.1) is 6.92 Å². The maximum atomic E-state index is 6.08. The average molecular weight is 293 g/mol. The molecule has 2 rings (SSSR count). The summed E-state index contributed by atoms with van der Waals surface area (Å²) in [6.07, 6.45) is 3.86. The fraction of sp³-hybridized carbons (Fsp3) is 0.467. The summed E-state index contributed by atoms with van der Waals surface area (Å²) < 4.78 is 1.76. The molecule has 4 nitrogen and oxygen atoms in total. The number of rotatable bonds is 6. The van der Waals surface area contributed by atoms with Crippen molar-refractivity contribution in [3.8, 4) is 5.82 Å². The van der Waals surface area contributed by atoms with Crippen LogP contribution in [-0.2, 0) is 13.0 Å². The smallest absolute Gasteiger partial charge is 0.153 e. The molecule has 2 aromatic heterocycles. The van der Waals surface area contributed by atoms with Crippen LogP contribution in [0.5, 0.6) is 0 Å². The molecular weight excluding hydrogens is 272 g/mol. The Morgan fingerprint density at radius 3 is 2.70 bits per heavy atom. The summed E-state index contributed by atoms with van der Waals surface area (Å²) >= 11 is 6.08. The van der Waals surface area contributed by atoms with Gasteiger partial charge in [0.25, 0.3) is 0 Å². The Hall–Kier alpha value is -1.39. The topological polar surface area (TPSA) is 42.7 Å². The lowest BCUT2D eigenvalue weighted by molar-refractivity contribution is 0.718. The Kier molecular flexibility index (Phi) is 5.15. The van der Waals surface area contributed by atoms with E-state index in [1.54, 1.807) is 4.68 Å². The highest BCUT2D eigenvalue weighted by Gasteiger charge is 2.08. The first-order valence-corrected chi connectivity index (χ1v) is 7.44. The minimum Gasteiger partial charge on any atom is -0.313 e. The van der Waals surface area contributed by atoms with Crippen LogP contribution in [0.3, 0.4) is 0 Å². The van der Waals surface area contributed by atoms with Crippen LogP contribution in [0.2, 0.25) is 5.02 Å². The van der Waals surface area contributed by atoms with Gasteiger partial charge in [-0.25, -0.2) is 9.67 Å². The van der Waals surface area contributed by atoms with Gasteiger partial charge in [0.2, 0.25) is 0 Å². The molecule has 20 heavy (non-hydrogen) atoms. The molecule has 0 amide bonds. The van der Waals surface area contributed by atoms with E-state index < -0.39 is 0 Å². The first-order valence-electron chi connectivity index (χ1n) is 7.06. The van der Waals surface area contributed by atoms with Crippen LogP contribution >= 0.6 is 11.6 Å². The molecule has 1 N–H and O–H groups in total. The van der Waals surface area contributed by atoms with E-state index in [-0.39, 0.29) is 0 Å². The normalized spacial score (nSPS) is 11.0. The van der Waals surface area contributed by atoms with Crippen LogP contribution in [0.1, 0.15) is 37.2 Å². The van der Waals surface area contributed by atoms with Crippen molar-refractivity contribution in [3.63, 3.8) is 0 Å². The van der Waals surface area contributed by atoms with Crippen LogP contribution in [0.4, 0.5) is 0 Å². The second-order valence-corrected chi connectivity index (χ2v) is 5.27. The number of aromatic nitrogens is 3. The van der Waals surface area contributed by atoms with Gasteiger partial charge in [0.15, 0.2) is 5.82 Å². The van der Waals surface area contributed by atoms with E-state index in [0.717, 1.165) is 43.1 Å². The standard InChI is InChI=1S/C15H21ClN4/c1-4-6-13-7-12(9-17-5-2)8-15(18-13)20-10-14(16)11(3)19-20/h7-8,10,17H,4-6,9H2,1-3H3. The largest absolute Gasteiger partial charge is 0.313 e. The first-order chi connectivity index (χ1) is 9.63. The number of hydrogen-bond donors (Lipinski definition) is 1. The number of pyridine rings is 1. The lowest BCUT2D eigenvalue weighted by Gasteiger charge is -2.09. The monoisotopic (exact) mass is 292 g/mol. The Morgan fingerprint density at radius 1 is 1.30 bits per heavy atom. The van der Waals surface area contributed by atoms with Gasteiger partial charge in [-0.2, -0.15) is 5.10 Å². The molecule has 0 fully saturated rings. The van der Waals surface area contributed by atoms with Gasteiger partial charge in [0.05, 0.1) is 16.9 Å². The SMILES string of the molecule is CCCc1cc(CNCC)cc(-n2cc(Cl)c(C)n2)n1. The lowest BCUT2D eigenvalue weighted by atomic mass is 10.1. The van der Waals surface area contributed by atoms with Gasteiger partial charge in [-0.1, -0.05) is 31.9 Å². The molecule has 0 aromatic carbocycles. The van der Waals surface area contributed by atoms with Gasteiger partial charge >= 0.3 is 0 Å². The maximum Gasteiger partial charge on any atom is 0.153 e. The van der Waals surface area contributed by atoms with Crippen LogP contribution in [-0.4, -0.2) is 21.3 Å². The van der Waals surface area contributed by atoms with Gasteiger partial charge in [0, 0.05) is 12.2 Å². The lowest BCUT2D eigenvalue weighted by Crippen LogP contribution is -2.13.